The second kappa shape index (κ2) is 5.57. The molecule has 2 saturated heterocycles. The number of amides is 1. The lowest BCUT2D eigenvalue weighted by atomic mass is 9.97. The van der Waals surface area contributed by atoms with E-state index in [-0.39, 0.29) is 17.6 Å². The van der Waals surface area contributed by atoms with Crippen molar-refractivity contribution in [3.8, 4) is 0 Å². The van der Waals surface area contributed by atoms with Crippen LogP contribution in [0.4, 0.5) is 0 Å². The molecule has 2 atom stereocenters. The third kappa shape index (κ3) is 2.54. The van der Waals surface area contributed by atoms with E-state index in [1.54, 1.807) is 0 Å². The Kier molecular flexibility index (Phi) is 4.28. The summed E-state index contributed by atoms with van der Waals surface area (Å²) in [7, 11) is 0. The number of ether oxygens (including phenoxy) is 1. The smallest absolute Gasteiger partial charge is 0.243 e. The lowest BCUT2D eigenvalue weighted by Crippen LogP contribution is -2.43. The van der Waals surface area contributed by atoms with Gasteiger partial charge in [-0.1, -0.05) is 13.8 Å². The van der Waals surface area contributed by atoms with Crippen LogP contribution in [-0.4, -0.2) is 42.3 Å². The average molecular weight is 254 g/mol. The van der Waals surface area contributed by atoms with Crippen LogP contribution in [0.15, 0.2) is 0 Å². The Hall–Kier alpha value is -0.610. The van der Waals surface area contributed by atoms with Crippen molar-refractivity contribution in [3.63, 3.8) is 0 Å². The van der Waals surface area contributed by atoms with E-state index in [0.717, 1.165) is 45.4 Å². The zero-order chi connectivity index (χ0) is 13.2. The minimum atomic E-state index is -0.355. The molecule has 2 aliphatic heterocycles. The molecule has 2 rings (SSSR count). The molecule has 0 radical (unpaired) electrons. The zero-order valence-corrected chi connectivity index (χ0v) is 11.9. The third-order valence-corrected chi connectivity index (χ3v) is 4.48. The van der Waals surface area contributed by atoms with Crippen molar-refractivity contribution in [2.45, 2.75) is 58.2 Å². The van der Waals surface area contributed by atoms with Gasteiger partial charge in [-0.25, -0.2) is 0 Å². The number of carbonyl (C=O) groups excluding carboxylic acids is 1. The van der Waals surface area contributed by atoms with Gasteiger partial charge in [0.05, 0.1) is 11.7 Å². The summed E-state index contributed by atoms with van der Waals surface area (Å²) in [5, 5.41) is 3.50. The van der Waals surface area contributed by atoms with E-state index in [0.29, 0.717) is 5.92 Å². The normalized spacial score (nSPS) is 34.3. The van der Waals surface area contributed by atoms with Crippen LogP contribution in [0.5, 0.6) is 0 Å². The van der Waals surface area contributed by atoms with Gasteiger partial charge in [0.2, 0.25) is 5.91 Å². The maximum Gasteiger partial charge on any atom is 0.243 e. The Morgan fingerprint density at radius 3 is 2.61 bits per heavy atom. The minimum Gasteiger partial charge on any atom is -0.381 e. The molecule has 0 aliphatic carbocycles. The monoisotopic (exact) mass is 254 g/mol. The van der Waals surface area contributed by atoms with Gasteiger partial charge in [-0.3, -0.25) is 10.1 Å². The Bertz CT molecular complexity index is 302. The summed E-state index contributed by atoms with van der Waals surface area (Å²) < 4.78 is 5.39. The van der Waals surface area contributed by atoms with Gasteiger partial charge >= 0.3 is 0 Å². The molecule has 0 saturated carbocycles. The van der Waals surface area contributed by atoms with E-state index in [1.807, 2.05) is 6.92 Å². The van der Waals surface area contributed by atoms with Gasteiger partial charge in [0.1, 0.15) is 0 Å². The summed E-state index contributed by atoms with van der Waals surface area (Å²) >= 11 is 0. The number of hydrogen-bond acceptors (Lipinski definition) is 3. The first-order chi connectivity index (χ1) is 8.60. The molecule has 4 nitrogen and oxygen atoms in total. The molecule has 0 aromatic rings. The van der Waals surface area contributed by atoms with Crippen molar-refractivity contribution in [1.82, 2.24) is 10.2 Å². The molecule has 18 heavy (non-hydrogen) atoms. The highest BCUT2D eigenvalue weighted by molar-refractivity contribution is 5.88. The molecule has 0 aromatic heterocycles. The van der Waals surface area contributed by atoms with E-state index in [9.17, 15) is 4.79 Å². The maximum atomic E-state index is 12.5. The molecule has 4 heteroatoms. The molecule has 2 aliphatic rings. The van der Waals surface area contributed by atoms with Crippen LogP contribution in [0.2, 0.25) is 0 Å². The number of hydrogen-bond donors (Lipinski definition) is 1. The maximum absolute atomic E-state index is 12.5. The van der Waals surface area contributed by atoms with Crippen LogP contribution in [0.1, 0.15) is 46.5 Å². The topological polar surface area (TPSA) is 41.6 Å². The van der Waals surface area contributed by atoms with Crippen molar-refractivity contribution in [2.75, 3.05) is 19.8 Å². The molecule has 0 bridgehead atoms. The van der Waals surface area contributed by atoms with Crippen molar-refractivity contribution < 1.29 is 9.53 Å². The molecule has 2 unspecified atom stereocenters. The third-order valence-electron chi connectivity index (χ3n) is 4.48. The van der Waals surface area contributed by atoms with Crippen molar-refractivity contribution in [3.05, 3.63) is 0 Å². The van der Waals surface area contributed by atoms with E-state index in [4.69, 9.17) is 4.74 Å². The number of nitrogens with one attached hydrogen (secondary N) is 1. The molecular formula is C14H26N2O2. The largest absolute Gasteiger partial charge is 0.381 e. The SMILES string of the molecule is CCC1NC(C)(CC)C(=O)N1CC1CCOCC1. The number of nitrogens with zero attached hydrogens (tertiary/aromatic N) is 1. The zero-order valence-electron chi connectivity index (χ0n) is 11.9. The van der Waals surface area contributed by atoms with E-state index in [2.05, 4.69) is 24.1 Å². The quantitative estimate of drug-likeness (QED) is 0.831. The molecule has 2 heterocycles. The fraction of sp³-hybridized carbons (Fsp3) is 0.929. The molecule has 2 fully saturated rings. The molecule has 0 spiro atoms. The first kappa shape index (κ1) is 13.8. The molecule has 1 amide bonds. The summed E-state index contributed by atoms with van der Waals surface area (Å²) in [4.78, 5) is 14.6. The van der Waals surface area contributed by atoms with Crippen molar-refractivity contribution in [1.29, 1.82) is 0 Å². The minimum absolute atomic E-state index is 0.213. The summed E-state index contributed by atoms with van der Waals surface area (Å²) in [6.45, 7) is 8.84. The van der Waals surface area contributed by atoms with Crippen LogP contribution in [0, 0.1) is 5.92 Å². The van der Waals surface area contributed by atoms with Crippen LogP contribution in [-0.2, 0) is 9.53 Å². The van der Waals surface area contributed by atoms with E-state index < -0.39 is 0 Å². The Balaban J connectivity index is 2.03. The highest BCUT2D eigenvalue weighted by Gasteiger charge is 2.46. The Labute approximate surface area is 110 Å². The first-order valence-electron chi connectivity index (χ1n) is 7.27. The van der Waals surface area contributed by atoms with Gasteiger partial charge in [0.25, 0.3) is 0 Å². The van der Waals surface area contributed by atoms with Gasteiger partial charge in [-0.05, 0) is 38.5 Å². The second-order valence-electron chi connectivity index (χ2n) is 5.77. The lowest BCUT2D eigenvalue weighted by Gasteiger charge is -2.30. The average Bonchev–Trinajstić information content (AvgIpc) is 2.65. The van der Waals surface area contributed by atoms with Crippen LogP contribution in [0.3, 0.4) is 0 Å². The molecular weight excluding hydrogens is 228 g/mol. The first-order valence-corrected chi connectivity index (χ1v) is 7.27. The Morgan fingerprint density at radius 2 is 2.06 bits per heavy atom. The predicted octanol–water partition coefficient (Wildman–Crippen LogP) is 1.75. The molecule has 1 N–H and O–H groups in total. The standard InChI is InChI=1S/C14H26N2O2/c1-4-12-15-14(3,5-2)13(17)16(12)10-11-6-8-18-9-7-11/h11-12,15H,4-10H2,1-3H3. The van der Waals surface area contributed by atoms with Gasteiger partial charge in [-0.2, -0.15) is 0 Å². The predicted molar refractivity (Wildman–Crippen MR) is 71.2 cm³/mol. The van der Waals surface area contributed by atoms with Crippen LogP contribution in [0.25, 0.3) is 0 Å². The van der Waals surface area contributed by atoms with Gasteiger partial charge in [0, 0.05) is 19.8 Å². The van der Waals surface area contributed by atoms with Crippen LogP contribution < -0.4 is 5.32 Å². The van der Waals surface area contributed by atoms with Crippen molar-refractivity contribution in [2.24, 2.45) is 5.92 Å². The lowest BCUT2D eigenvalue weighted by molar-refractivity contribution is -0.134. The fourth-order valence-corrected chi connectivity index (χ4v) is 2.96. The van der Waals surface area contributed by atoms with Gasteiger partial charge < -0.3 is 9.64 Å². The fourth-order valence-electron chi connectivity index (χ4n) is 2.96. The summed E-state index contributed by atoms with van der Waals surface area (Å²) in [5.74, 6) is 0.890. The summed E-state index contributed by atoms with van der Waals surface area (Å²) in [6.07, 6.45) is 4.22. The second-order valence-corrected chi connectivity index (χ2v) is 5.77. The summed E-state index contributed by atoms with van der Waals surface area (Å²) in [6, 6.07) is 0. The molecule has 104 valence electrons. The van der Waals surface area contributed by atoms with E-state index in [1.165, 1.54) is 0 Å². The van der Waals surface area contributed by atoms with Gasteiger partial charge in [-0.15, -0.1) is 0 Å². The van der Waals surface area contributed by atoms with Gasteiger partial charge in [0.15, 0.2) is 0 Å². The highest BCUT2D eigenvalue weighted by atomic mass is 16.5. The van der Waals surface area contributed by atoms with E-state index >= 15 is 0 Å². The highest BCUT2D eigenvalue weighted by Crippen LogP contribution is 2.27. The summed E-state index contributed by atoms with van der Waals surface area (Å²) in [5.41, 5.74) is -0.355. The number of rotatable bonds is 4. The van der Waals surface area contributed by atoms with Crippen LogP contribution >= 0.6 is 0 Å². The Morgan fingerprint density at radius 1 is 1.39 bits per heavy atom. The van der Waals surface area contributed by atoms with Crippen molar-refractivity contribution >= 4 is 5.91 Å². The molecule has 0 aromatic carbocycles. The number of carbonyl (C=O) groups is 1.